The number of amides is 1. The minimum absolute atomic E-state index is 0. The van der Waals surface area contributed by atoms with E-state index in [2.05, 4.69) is 10.6 Å². The third-order valence-corrected chi connectivity index (χ3v) is 4.08. The molecule has 1 aliphatic heterocycles. The van der Waals surface area contributed by atoms with E-state index in [9.17, 15) is 9.59 Å². The normalized spacial score (nSPS) is 17.6. The van der Waals surface area contributed by atoms with E-state index in [-0.39, 0.29) is 36.2 Å². The van der Waals surface area contributed by atoms with Crippen LogP contribution in [0.3, 0.4) is 0 Å². The Morgan fingerprint density at radius 2 is 2.08 bits per heavy atom. The molecule has 1 aromatic carbocycles. The topological polar surface area (TPSA) is 67.4 Å². The number of esters is 1. The summed E-state index contributed by atoms with van der Waals surface area (Å²) in [5.41, 5.74) is 1.07. The monoisotopic (exact) mass is 354 g/mol. The van der Waals surface area contributed by atoms with Crippen molar-refractivity contribution in [3.8, 4) is 0 Å². The molecule has 0 aromatic heterocycles. The Hall–Kier alpha value is -1.59. The van der Waals surface area contributed by atoms with Gasteiger partial charge in [-0.25, -0.2) is 0 Å². The van der Waals surface area contributed by atoms with Crippen LogP contribution in [0.4, 0.5) is 0 Å². The van der Waals surface area contributed by atoms with Crippen LogP contribution in [0.2, 0.25) is 0 Å². The number of rotatable bonds is 8. The molecule has 0 bridgehead atoms. The summed E-state index contributed by atoms with van der Waals surface area (Å²) >= 11 is 0. The van der Waals surface area contributed by atoms with Gasteiger partial charge in [0.15, 0.2) is 0 Å². The fourth-order valence-electron chi connectivity index (χ4n) is 2.86. The highest BCUT2D eigenvalue weighted by atomic mass is 35.5. The molecule has 1 amide bonds. The average Bonchev–Trinajstić information content (AvgIpc) is 3.05. The maximum Gasteiger partial charge on any atom is 0.311 e. The minimum atomic E-state index is -0.349. The van der Waals surface area contributed by atoms with Gasteiger partial charge in [-0.1, -0.05) is 30.3 Å². The quantitative estimate of drug-likeness (QED) is 0.701. The van der Waals surface area contributed by atoms with Crippen LogP contribution in [0.25, 0.3) is 0 Å². The van der Waals surface area contributed by atoms with E-state index in [4.69, 9.17) is 4.74 Å². The molecule has 2 atom stereocenters. The SMILES string of the molecule is CCOC(=O)C(CNC(=O)CC1CCCN1)Cc1ccccc1.Cl. The van der Waals surface area contributed by atoms with E-state index in [1.54, 1.807) is 6.92 Å². The van der Waals surface area contributed by atoms with Crippen LogP contribution in [-0.2, 0) is 20.7 Å². The maximum atomic E-state index is 12.1. The van der Waals surface area contributed by atoms with Crippen LogP contribution in [0, 0.1) is 5.92 Å². The molecule has 2 unspecified atom stereocenters. The fourth-order valence-corrected chi connectivity index (χ4v) is 2.86. The number of nitrogens with one attached hydrogen (secondary N) is 2. The first kappa shape index (κ1) is 20.5. The largest absolute Gasteiger partial charge is 0.466 e. The van der Waals surface area contributed by atoms with Gasteiger partial charge in [0.2, 0.25) is 5.91 Å². The molecule has 0 radical (unpaired) electrons. The standard InChI is InChI=1S/C18H26N2O3.ClH/c1-2-23-18(22)15(11-14-7-4-3-5-8-14)13-20-17(21)12-16-9-6-10-19-16;/h3-5,7-8,15-16,19H,2,6,9-13H2,1H3,(H,20,21);1H. The average molecular weight is 355 g/mol. The number of hydrogen-bond donors (Lipinski definition) is 2. The van der Waals surface area contributed by atoms with Crippen molar-refractivity contribution < 1.29 is 14.3 Å². The lowest BCUT2D eigenvalue weighted by Gasteiger charge is -2.17. The van der Waals surface area contributed by atoms with Gasteiger partial charge in [0.1, 0.15) is 0 Å². The van der Waals surface area contributed by atoms with E-state index < -0.39 is 0 Å². The highest BCUT2D eigenvalue weighted by Gasteiger charge is 2.22. The zero-order valence-corrected chi connectivity index (χ0v) is 14.9. The van der Waals surface area contributed by atoms with Crippen LogP contribution < -0.4 is 10.6 Å². The van der Waals surface area contributed by atoms with E-state index in [1.807, 2.05) is 30.3 Å². The van der Waals surface area contributed by atoms with Gasteiger partial charge < -0.3 is 15.4 Å². The zero-order chi connectivity index (χ0) is 16.5. The molecule has 0 saturated carbocycles. The van der Waals surface area contributed by atoms with Gasteiger partial charge in [-0.05, 0) is 38.3 Å². The molecule has 1 saturated heterocycles. The van der Waals surface area contributed by atoms with E-state index in [0.29, 0.717) is 26.0 Å². The number of hydrogen-bond acceptors (Lipinski definition) is 4. The van der Waals surface area contributed by atoms with E-state index in [1.165, 1.54) is 0 Å². The molecule has 1 aromatic rings. The zero-order valence-electron chi connectivity index (χ0n) is 14.1. The van der Waals surface area contributed by atoms with Gasteiger partial charge >= 0.3 is 5.97 Å². The molecular formula is C18H27ClN2O3. The highest BCUT2D eigenvalue weighted by Crippen LogP contribution is 2.11. The third-order valence-electron chi connectivity index (χ3n) is 4.08. The van der Waals surface area contributed by atoms with Crippen molar-refractivity contribution in [2.24, 2.45) is 5.92 Å². The Balaban J connectivity index is 0.00000288. The molecule has 24 heavy (non-hydrogen) atoms. The predicted octanol–water partition coefficient (Wildman–Crippen LogP) is 2.09. The summed E-state index contributed by atoms with van der Waals surface area (Å²) in [4.78, 5) is 24.2. The Kier molecular flexibility index (Phi) is 9.42. The van der Waals surface area contributed by atoms with Gasteiger partial charge in [-0.15, -0.1) is 12.4 Å². The summed E-state index contributed by atoms with van der Waals surface area (Å²) in [5, 5.41) is 6.20. The summed E-state index contributed by atoms with van der Waals surface area (Å²) in [6.07, 6.45) is 3.21. The predicted molar refractivity (Wildman–Crippen MR) is 96.2 cm³/mol. The Morgan fingerprint density at radius 3 is 2.71 bits per heavy atom. The molecular weight excluding hydrogens is 328 g/mol. The second-order valence-electron chi connectivity index (χ2n) is 5.94. The third kappa shape index (κ3) is 6.89. The minimum Gasteiger partial charge on any atom is -0.466 e. The molecule has 0 spiro atoms. The molecule has 5 nitrogen and oxygen atoms in total. The summed E-state index contributed by atoms with van der Waals surface area (Å²) in [6.45, 7) is 3.45. The van der Waals surface area contributed by atoms with Crippen molar-refractivity contribution >= 4 is 24.3 Å². The van der Waals surface area contributed by atoms with Crippen LogP contribution >= 0.6 is 12.4 Å². The molecule has 0 aliphatic carbocycles. The second-order valence-corrected chi connectivity index (χ2v) is 5.94. The van der Waals surface area contributed by atoms with E-state index in [0.717, 1.165) is 24.9 Å². The summed E-state index contributed by atoms with van der Waals surface area (Å²) in [5.74, 6) is -0.611. The highest BCUT2D eigenvalue weighted by molar-refractivity contribution is 5.85. The lowest BCUT2D eigenvalue weighted by atomic mass is 9.99. The van der Waals surface area contributed by atoms with Gasteiger partial charge in [-0.3, -0.25) is 9.59 Å². The molecule has 2 N–H and O–H groups in total. The van der Waals surface area contributed by atoms with Crippen molar-refractivity contribution in [1.82, 2.24) is 10.6 Å². The first-order valence-electron chi connectivity index (χ1n) is 8.39. The number of benzene rings is 1. The van der Waals surface area contributed by atoms with Crippen molar-refractivity contribution in [3.63, 3.8) is 0 Å². The summed E-state index contributed by atoms with van der Waals surface area (Å²) < 4.78 is 5.14. The van der Waals surface area contributed by atoms with Crippen molar-refractivity contribution in [2.75, 3.05) is 19.7 Å². The molecule has 6 heteroatoms. The number of halogens is 1. The lowest BCUT2D eigenvalue weighted by molar-refractivity contribution is -0.147. The molecule has 1 heterocycles. The van der Waals surface area contributed by atoms with Gasteiger partial charge in [-0.2, -0.15) is 0 Å². The Bertz CT molecular complexity index is 504. The lowest BCUT2D eigenvalue weighted by Crippen LogP contribution is -2.37. The number of ether oxygens (including phenoxy) is 1. The second kappa shape index (κ2) is 11.0. The van der Waals surface area contributed by atoms with Crippen LogP contribution in [-0.4, -0.2) is 37.6 Å². The molecule has 1 aliphatic rings. The van der Waals surface area contributed by atoms with Crippen molar-refractivity contribution in [2.45, 2.75) is 38.6 Å². The summed E-state index contributed by atoms with van der Waals surface area (Å²) in [6, 6.07) is 10.1. The number of carbonyl (C=O) groups is 2. The van der Waals surface area contributed by atoms with Gasteiger partial charge in [0.05, 0.1) is 12.5 Å². The van der Waals surface area contributed by atoms with Crippen molar-refractivity contribution in [3.05, 3.63) is 35.9 Å². The van der Waals surface area contributed by atoms with Crippen LogP contribution in [0.15, 0.2) is 30.3 Å². The van der Waals surface area contributed by atoms with Gasteiger partial charge in [0, 0.05) is 19.0 Å². The summed E-state index contributed by atoms with van der Waals surface area (Å²) in [7, 11) is 0. The Morgan fingerprint density at radius 1 is 1.33 bits per heavy atom. The smallest absolute Gasteiger partial charge is 0.311 e. The molecule has 1 fully saturated rings. The first-order valence-corrected chi connectivity index (χ1v) is 8.39. The van der Waals surface area contributed by atoms with Crippen LogP contribution in [0.5, 0.6) is 0 Å². The van der Waals surface area contributed by atoms with E-state index >= 15 is 0 Å². The van der Waals surface area contributed by atoms with Gasteiger partial charge in [0.25, 0.3) is 0 Å². The fraction of sp³-hybridized carbons (Fsp3) is 0.556. The number of carbonyl (C=O) groups excluding carboxylic acids is 2. The first-order chi connectivity index (χ1) is 11.2. The van der Waals surface area contributed by atoms with Crippen molar-refractivity contribution in [1.29, 1.82) is 0 Å². The Labute approximate surface area is 149 Å². The molecule has 2 rings (SSSR count). The maximum absolute atomic E-state index is 12.1. The molecule has 134 valence electrons. The van der Waals surface area contributed by atoms with Crippen LogP contribution in [0.1, 0.15) is 31.7 Å².